The zero-order valence-corrected chi connectivity index (χ0v) is 7.98. The Labute approximate surface area is 83.6 Å². The summed E-state index contributed by atoms with van der Waals surface area (Å²) in [6.07, 6.45) is 10.4. The van der Waals surface area contributed by atoms with Gasteiger partial charge in [0.15, 0.2) is 0 Å². The van der Waals surface area contributed by atoms with Crippen molar-refractivity contribution in [2.75, 3.05) is 0 Å². The van der Waals surface area contributed by atoms with Crippen molar-refractivity contribution in [2.45, 2.75) is 19.4 Å². The Morgan fingerprint density at radius 2 is 2.21 bits per heavy atom. The summed E-state index contributed by atoms with van der Waals surface area (Å²) >= 11 is 0. The van der Waals surface area contributed by atoms with Gasteiger partial charge in [0.25, 0.3) is 0 Å². The van der Waals surface area contributed by atoms with Crippen molar-refractivity contribution in [1.29, 1.82) is 0 Å². The van der Waals surface area contributed by atoms with E-state index in [9.17, 15) is 0 Å². The second-order valence-corrected chi connectivity index (χ2v) is 3.35. The van der Waals surface area contributed by atoms with Gasteiger partial charge in [-0.3, -0.25) is 4.98 Å². The highest BCUT2D eigenvalue weighted by Crippen LogP contribution is 2.19. The third kappa shape index (κ3) is 1.91. The normalized spacial score (nSPS) is 15.4. The standard InChI is InChI=1S/C12H13NO/c14-9-10-6-7-12(13-8-10)11-4-2-1-3-5-11/h2,4-8,14H,1,3,9H2. The van der Waals surface area contributed by atoms with Crippen LogP contribution < -0.4 is 0 Å². The topological polar surface area (TPSA) is 33.1 Å². The molecule has 0 radical (unpaired) electrons. The molecule has 2 heteroatoms. The highest BCUT2D eigenvalue weighted by molar-refractivity contribution is 5.72. The van der Waals surface area contributed by atoms with Crippen molar-refractivity contribution in [3.8, 4) is 0 Å². The van der Waals surface area contributed by atoms with Gasteiger partial charge in [0, 0.05) is 6.20 Å². The van der Waals surface area contributed by atoms with Crippen LogP contribution in [0.15, 0.2) is 36.6 Å². The lowest BCUT2D eigenvalue weighted by Crippen LogP contribution is -1.92. The highest BCUT2D eigenvalue weighted by atomic mass is 16.3. The Morgan fingerprint density at radius 1 is 1.29 bits per heavy atom. The van der Waals surface area contributed by atoms with E-state index >= 15 is 0 Å². The largest absolute Gasteiger partial charge is 0.392 e. The van der Waals surface area contributed by atoms with Gasteiger partial charge in [-0.25, -0.2) is 0 Å². The SMILES string of the molecule is OCc1ccc(C2=CCCC=C2)nc1. The summed E-state index contributed by atoms with van der Waals surface area (Å²) in [5.74, 6) is 0. The van der Waals surface area contributed by atoms with Gasteiger partial charge in [-0.2, -0.15) is 0 Å². The number of hydrogen-bond donors (Lipinski definition) is 1. The molecule has 2 nitrogen and oxygen atoms in total. The molecule has 1 aromatic rings. The summed E-state index contributed by atoms with van der Waals surface area (Å²) in [6, 6.07) is 3.86. The molecule has 0 aliphatic heterocycles. The van der Waals surface area contributed by atoms with Gasteiger partial charge in [0.2, 0.25) is 0 Å². The summed E-state index contributed by atoms with van der Waals surface area (Å²) in [5.41, 5.74) is 3.02. The van der Waals surface area contributed by atoms with Gasteiger partial charge in [-0.05, 0) is 30.0 Å². The summed E-state index contributed by atoms with van der Waals surface area (Å²) in [6.45, 7) is 0.0577. The lowest BCUT2D eigenvalue weighted by atomic mass is 10.0. The molecule has 1 N–H and O–H groups in total. The fraction of sp³-hybridized carbons (Fsp3) is 0.250. The Morgan fingerprint density at radius 3 is 2.79 bits per heavy atom. The fourth-order valence-electron chi connectivity index (χ4n) is 1.49. The average Bonchev–Trinajstić information content (AvgIpc) is 2.30. The molecule has 0 spiro atoms. The van der Waals surface area contributed by atoms with Crippen LogP contribution in [0.5, 0.6) is 0 Å². The molecule has 14 heavy (non-hydrogen) atoms. The number of aliphatic hydroxyl groups excluding tert-OH is 1. The van der Waals surface area contributed by atoms with Crippen LogP contribution in [0.4, 0.5) is 0 Å². The lowest BCUT2D eigenvalue weighted by molar-refractivity contribution is 0.281. The van der Waals surface area contributed by atoms with Gasteiger partial charge < -0.3 is 5.11 Å². The van der Waals surface area contributed by atoms with Crippen molar-refractivity contribution in [3.63, 3.8) is 0 Å². The van der Waals surface area contributed by atoms with E-state index in [0.29, 0.717) is 0 Å². The molecule has 0 unspecified atom stereocenters. The molecule has 0 bridgehead atoms. The Bertz CT molecular complexity index is 362. The summed E-state index contributed by atoms with van der Waals surface area (Å²) in [4.78, 5) is 4.29. The minimum atomic E-state index is 0.0577. The zero-order chi connectivity index (χ0) is 9.80. The maximum Gasteiger partial charge on any atom is 0.0698 e. The predicted molar refractivity (Wildman–Crippen MR) is 56.5 cm³/mol. The third-order valence-corrected chi connectivity index (χ3v) is 2.30. The van der Waals surface area contributed by atoms with Crippen molar-refractivity contribution in [3.05, 3.63) is 47.8 Å². The zero-order valence-electron chi connectivity index (χ0n) is 7.98. The predicted octanol–water partition coefficient (Wildman–Crippen LogP) is 2.31. The molecule has 1 aliphatic carbocycles. The first kappa shape index (κ1) is 9.16. The van der Waals surface area contributed by atoms with Crippen LogP contribution in [-0.2, 0) is 6.61 Å². The minimum absolute atomic E-state index is 0.0577. The van der Waals surface area contributed by atoms with E-state index in [-0.39, 0.29) is 6.61 Å². The first-order chi connectivity index (χ1) is 6.90. The smallest absolute Gasteiger partial charge is 0.0698 e. The summed E-state index contributed by atoms with van der Waals surface area (Å²) < 4.78 is 0. The van der Waals surface area contributed by atoms with Crippen LogP contribution >= 0.6 is 0 Å². The van der Waals surface area contributed by atoms with Crippen LogP contribution in [0.1, 0.15) is 24.1 Å². The molecule has 0 amide bonds. The summed E-state index contributed by atoms with van der Waals surface area (Å²) in [7, 11) is 0. The number of pyridine rings is 1. The van der Waals surface area contributed by atoms with Crippen molar-refractivity contribution < 1.29 is 5.11 Å². The second-order valence-electron chi connectivity index (χ2n) is 3.35. The molecule has 1 aliphatic rings. The molecular formula is C12H13NO. The molecule has 0 fully saturated rings. The Kier molecular flexibility index (Phi) is 2.75. The van der Waals surface area contributed by atoms with Crippen molar-refractivity contribution >= 4 is 5.57 Å². The fourth-order valence-corrected chi connectivity index (χ4v) is 1.49. The van der Waals surface area contributed by atoms with E-state index in [1.54, 1.807) is 6.20 Å². The van der Waals surface area contributed by atoms with Crippen LogP contribution in [0.2, 0.25) is 0 Å². The van der Waals surface area contributed by atoms with E-state index in [2.05, 4.69) is 23.2 Å². The van der Waals surface area contributed by atoms with Gasteiger partial charge in [0.1, 0.15) is 0 Å². The molecule has 0 saturated carbocycles. The second kappa shape index (κ2) is 4.20. The molecule has 72 valence electrons. The average molecular weight is 187 g/mol. The number of allylic oxidation sites excluding steroid dienone is 4. The molecule has 2 rings (SSSR count). The van der Waals surface area contributed by atoms with Crippen LogP contribution in [0.25, 0.3) is 5.57 Å². The van der Waals surface area contributed by atoms with Crippen LogP contribution in [0, 0.1) is 0 Å². The third-order valence-electron chi connectivity index (χ3n) is 2.30. The molecule has 0 aromatic carbocycles. The van der Waals surface area contributed by atoms with Crippen molar-refractivity contribution in [1.82, 2.24) is 4.98 Å². The Balaban J connectivity index is 2.24. The van der Waals surface area contributed by atoms with Crippen molar-refractivity contribution in [2.24, 2.45) is 0 Å². The lowest BCUT2D eigenvalue weighted by Gasteiger charge is -2.06. The first-order valence-corrected chi connectivity index (χ1v) is 4.83. The van der Waals surface area contributed by atoms with Gasteiger partial charge in [-0.15, -0.1) is 0 Å². The molecule has 0 saturated heterocycles. The maximum absolute atomic E-state index is 8.87. The van der Waals surface area contributed by atoms with Crippen LogP contribution in [-0.4, -0.2) is 10.1 Å². The van der Waals surface area contributed by atoms with E-state index < -0.39 is 0 Å². The van der Waals surface area contributed by atoms with E-state index in [4.69, 9.17) is 5.11 Å². The first-order valence-electron chi connectivity index (χ1n) is 4.83. The Hall–Kier alpha value is -1.41. The van der Waals surface area contributed by atoms with E-state index in [0.717, 1.165) is 24.1 Å². The quantitative estimate of drug-likeness (QED) is 0.770. The summed E-state index contributed by atoms with van der Waals surface area (Å²) in [5, 5.41) is 8.87. The highest BCUT2D eigenvalue weighted by Gasteiger charge is 2.01. The molecular weight excluding hydrogens is 174 g/mol. The number of aliphatic hydroxyl groups is 1. The number of rotatable bonds is 2. The molecule has 0 atom stereocenters. The molecule has 1 aromatic heterocycles. The maximum atomic E-state index is 8.87. The minimum Gasteiger partial charge on any atom is -0.392 e. The molecule has 1 heterocycles. The van der Waals surface area contributed by atoms with Gasteiger partial charge >= 0.3 is 0 Å². The van der Waals surface area contributed by atoms with Gasteiger partial charge in [0.05, 0.1) is 12.3 Å². The monoisotopic (exact) mass is 187 g/mol. The number of hydrogen-bond acceptors (Lipinski definition) is 2. The van der Waals surface area contributed by atoms with E-state index in [1.807, 2.05) is 12.1 Å². The van der Waals surface area contributed by atoms with Crippen LogP contribution in [0.3, 0.4) is 0 Å². The number of nitrogens with zero attached hydrogens (tertiary/aromatic N) is 1. The number of aromatic nitrogens is 1. The van der Waals surface area contributed by atoms with Gasteiger partial charge in [-0.1, -0.05) is 24.3 Å². The van der Waals surface area contributed by atoms with E-state index in [1.165, 1.54) is 5.57 Å².